The van der Waals surface area contributed by atoms with E-state index < -0.39 is 29.0 Å². The minimum Gasteiger partial charge on any atom is -0.501 e. The Balaban J connectivity index is 1.43. The van der Waals surface area contributed by atoms with E-state index in [9.17, 15) is 19.1 Å². The standard InChI is InChI=1S/C26H27FN4O5/c27-19-8-6-17(7-9-19)16-28-24(33)20-22(32)25(34)30-23(29-20)21(18-4-2-1-3-5-18)31-12-10-26(11-13-31)35-14-15-36-26/h1-9,21,32H,10-16H2,(H,28,33)(H,29,30,34). The third-order valence-corrected chi connectivity index (χ3v) is 6.61. The summed E-state index contributed by atoms with van der Waals surface area (Å²) in [6, 6.07) is 14.7. The van der Waals surface area contributed by atoms with Crippen molar-refractivity contribution in [3.8, 4) is 5.75 Å². The highest BCUT2D eigenvalue weighted by molar-refractivity contribution is 5.94. The Hall–Kier alpha value is -3.60. The fraction of sp³-hybridized carbons (Fsp3) is 0.346. The number of hydrogen-bond donors (Lipinski definition) is 3. The number of nitrogens with one attached hydrogen (secondary N) is 2. The Morgan fingerprint density at radius 3 is 2.44 bits per heavy atom. The number of amides is 1. The molecule has 2 aliphatic heterocycles. The Morgan fingerprint density at radius 2 is 1.78 bits per heavy atom. The monoisotopic (exact) mass is 494 g/mol. The first-order chi connectivity index (χ1) is 17.4. The van der Waals surface area contributed by atoms with Gasteiger partial charge in [-0.3, -0.25) is 14.5 Å². The van der Waals surface area contributed by atoms with Gasteiger partial charge >= 0.3 is 0 Å². The maximum absolute atomic E-state index is 13.2. The van der Waals surface area contributed by atoms with Gasteiger partial charge in [0.1, 0.15) is 11.6 Å². The Kier molecular flexibility index (Phi) is 6.82. The Morgan fingerprint density at radius 1 is 1.11 bits per heavy atom. The summed E-state index contributed by atoms with van der Waals surface area (Å²) in [6.07, 6.45) is 1.31. The highest BCUT2D eigenvalue weighted by Crippen LogP contribution is 2.36. The molecule has 2 aliphatic rings. The van der Waals surface area contributed by atoms with Crippen molar-refractivity contribution in [2.24, 2.45) is 0 Å². The van der Waals surface area contributed by atoms with E-state index in [-0.39, 0.29) is 23.9 Å². The number of piperidine rings is 1. The topological polar surface area (TPSA) is 117 Å². The molecule has 1 aromatic heterocycles. The number of halogens is 1. The fourth-order valence-corrected chi connectivity index (χ4v) is 4.73. The van der Waals surface area contributed by atoms with E-state index in [1.165, 1.54) is 12.1 Å². The second-order valence-electron chi connectivity index (χ2n) is 8.91. The highest BCUT2D eigenvalue weighted by atomic mass is 19.1. The fourth-order valence-electron chi connectivity index (χ4n) is 4.73. The molecule has 0 saturated carbocycles. The van der Waals surface area contributed by atoms with Crippen LogP contribution in [0.2, 0.25) is 0 Å². The van der Waals surface area contributed by atoms with Crippen molar-refractivity contribution in [1.82, 2.24) is 20.2 Å². The van der Waals surface area contributed by atoms with Gasteiger partial charge in [-0.1, -0.05) is 42.5 Å². The van der Waals surface area contributed by atoms with Crippen molar-refractivity contribution >= 4 is 5.91 Å². The summed E-state index contributed by atoms with van der Waals surface area (Å²) in [5.41, 5.74) is 0.375. The molecule has 1 unspecified atom stereocenters. The molecule has 10 heteroatoms. The van der Waals surface area contributed by atoms with Gasteiger partial charge in [0.25, 0.3) is 11.5 Å². The molecule has 0 aliphatic carbocycles. The van der Waals surface area contributed by atoms with Gasteiger partial charge in [0, 0.05) is 32.5 Å². The van der Waals surface area contributed by atoms with Crippen LogP contribution in [0, 0.1) is 5.82 Å². The normalized spacial score (nSPS) is 18.2. The van der Waals surface area contributed by atoms with E-state index >= 15 is 0 Å². The predicted molar refractivity (Wildman–Crippen MR) is 128 cm³/mol. The molecule has 3 aromatic rings. The molecule has 0 bridgehead atoms. The summed E-state index contributed by atoms with van der Waals surface area (Å²) < 4.78 is 24.9. The number of aromatic nitrogens is 2. The summed E-state index contributed by atoms with van der Waals surface area (Å²) >= 11 is 0. The number of aromatic amines is 1. The molecular weight excluding hydrogens is 467 g/mol. The number of aromatic hydroxyl groups is 1. The summed E-state index contributed by atoms with van der Waals surface area (Å²) in [5, 5.41) is 13.0. The van der Waals surface area contributed by atoms with Crippen molar-refractivity contribution < 1.29 is 23.8 Å². The molecule has 3 N–H and O–H groups in total. The number of nitrogens with zero attached hydrogens (tertiary/aromatic N) is 2. The average Bonchev–Trinajstić information content (AvgIpc) is 3.35. The lowest BCUT2D eigenvalue weighted by Gasteiger charge is -2.41. The zero-order chi connectivity index (χ0) is 25.1. The van der Waals surface area contributed by atoms with Crippen LogP contribution < -0.4 is 10.9 Å². The summed E-state index contributed by atoms with van der Waals surface area (Å²) in [5.74, 6) is -2.17. The Bertz CT molecular complexity index is 1270. The lowest BCUT2D eigenvalue weighted by molar-refractivity contribution is -0.187. The minimum atomic E-state index is -0.802. The molecule has 2 aromatic carbocycles. The number of H-pyrrole nitrogens is 1. The van der Waals surface area contributed by atoms with E-state index in [1.807, 2.05) is 30.3 Å². The number of likely N-dealkylation sites (tertiary alicyclic amines) is 1. The third kappa shape index (κ3) is 5.01. The van der Waals surface area contributed by atoms with Gasteiger partial charge in [-0.05, 0) is 23.3 Å². The van der Waals surface area contributed by atoms with E-state index in [0.717, 1.165) is 5.56 Å². The first kappa shape index (κ1) is 24.1. The van der Waals surface area contributed by atoms with Crippen LogP contribution >= 0.6 is 0 Å². The van der Waals surface area contributed by atoms with Crippen molar-refractivity contribution in [3.05, 3.63) is 93.4 Å². The largest absolute Gasteiger partial charge is 0.501 e. The second kappa shape index (κ2) is 10.2. The number of benzene rings is 2. The number of rotatable bonds is 6. The average molecular weight is 495 g/mol. The van der Waals surface area contributed by atoms with E-state index in [0.29, 0.717) is 44.7 Å². The van der Waals surface area contributed by atoms with Crippen LogP contribution in [-0.2, 0) is 16.0 Å². The molecule has 1 atom stereocenters. The molecule has 9 nitrogen and oxygen atoms in total. The smallest absolute Gasteiger partial charge is 0.293 e. The van der Waals surface area contributed by atoms with E-state index in [1.54, 1.807) is 12.1 Å². The van der Waals surface area contributed by atoms with Gasteiger partial charge in [-0.15, -0.1) is 0 Å². The maximum atomic E-state index is 13.2. The van der Waals surface area contributed by atoms with Crippen LogP contribution in [0.3, 0.4) is 0 Å². The molecule has 3 heterocycles. The molecule has 2 saturated heterocycles. The molecule has 5 rings (SSSR count). The zero-order valence-electron chi connectivity index (χ0n) is 19.6. The maximum Gasteiger partial charge on any atom is 0.293 e. The van der Waals surface area contributed by atoms with Gasteiger partial charge in [-0.2, -0.15) is 0 Å². The molecule has 2 fully saturated rings. The van der Waals surface area contributed by atoms with Crippen LogP contribution in [0.15, 0.2) is 59.4 Å². The number of ether oxygens (including phenoxy) is 2. The van der Waals surface area contributed by atoms with Crippen molar-refractivity contribution in [2.45, 2.75) is 31.2 Å². The van der Waals surface area contributed by atoms with Crippen molar-refractivity contribution in [3.63, 3.8) is 0 Å². The summed E-state index contributed by atoms with van der Waals surface area (Å²) in [7, 11) is 0. The van der Waals surface area contributed by atoms with Gasteiger partial charge in [0.2, 0.25) is 5.75 Å². The number of hydrogen-bond acceptors (Lipinski definition) is 7. The SMILES string of the molecule is O=C(NCc1ccc(F)cc1)c1nc(C(c2ccccc2)N2CCC3(CC2)OCCO3)[nH]c(=O)c1O. The number of carbonyl (C=O) groups excluding carboxylic acids is 1. The van der Waals surface area contributed by atoms with Crippen molar-refractivity contribution in [1.29, 1.82) is 0 Å². The Labute approximate surface area is 206 Å². The van der Waals surface area contributed by atoms with Crippen LogP contribution in [0.25, 0.3) is 0 Å². The minimum absolute atomic E-state index is 0.0820. The van der Waals surface area contributed by atoms with E-state index in [2.05, 4.69) is 20.2 Å². The van der Waals surface area contributed by atoms with Gasteiger partial charge in [-0.25, -0.2) is 9.37 Å². The first-order valence-electron chi connectivity index (χ1n) is 11.9. The lowest BCUT2D eigenvalue weighted by Crippen LogP contribution is -2.47. The molecule has 0 radical (unpaired) electrons. The van der Waals surface area contributed by atoms with Crippen molar-refractivity contribution in [2.75, 3.05) is 26.3 Å². The summed E-state index contributed by atoms with van der Waals surface area (Å²) in [4.78, 5) is 34.8. The van der Waals surface area contributed by atoms with Crippen LogP contribution in [0.1, 0.15) is 46.3 Å². The van der Waals surface area contributed by atoms with Gasteiger partial charge in [0.15, 0.2) is 11.5 Å². The number of carbonyl (C=O) groups is 1. The van der Waals surface area contributed by atoms with Crippen LogP contribution in [0.5, 0.6) is 5.75 Å². The molecule has 188 valence electrons. The molecule has 1 amide bonds. The van der Waals surface area contributed by atoms with E-state index in [4.69, 9.17) is 9.47 Å². The van der Waals surface area contributed by atoms with Crippen LogP contribution in [0.4, 0.5) is 4.39 Å². The lowest BCUT2D eigenvalue weighted by atomic mass is 9.97. The second-order valence-corrected chi connectivity index (χ2v) is 8.91. The highest BCUT2D eigenvalue weighted by Gasteiger charge is 2.42. The predicted octanol–water partition coefficient (Wildman–Crippen LogP) is 2.47. The molecule has 1 spiro atoms. The molecule has 36 heavy (non-hydrogen) atoms. The molecular formula is C26H27FN4O5. The zero-order valence-corrected chi connectivity index (χ0v) is 19.6. The van der Waals surface area contributed by atoms with Gasteiger partial charge in [0.05, 0.1) is 19.3 Å². The van der Waals surface area contributed by atoms with Crippen LogP contribution in [-0.4, -0.2) is 58.0 Å². The quantitative estimate of drug-likeness (QED) is 0.482. The summed E-state index contributed by atoms with van der Waals surface area (Å²) in [6.45, 7) is 2.47. The first-order valence-corrected chi connectivity index (χ1v) is 11.9. The third-order valence-electron chi connectivity index (χ3n) is 6.61. The van der Waals surface area contributed by atoms with Gasteiger partial charge < -0.3 is 24.9 Å².